The monoisotopic (exact) mass is 323 g/mol. The molecule has 3 nitrogen and oxygen atoms in total. The molecule has 23 heavy (non-hydrogen) atoms. The van der Waals surface area contributed by atoms with Gasteiger partial charge in [0.15, 0.2) is 0 Å². The lowest BCUT2D eigenvalue weighted by molar-refractivity contribution is -0.138. The van der Waals surface area contributed by atoms with E-state index in [1.165, 1.54) is 25.3 Å². The third-order valence-corrected chi connectivity index (χ3v) is 3.44. The van der Waals surface area contributed by atoms with Gasteiger partial charge in [-0.1, -0.05) is 30.3 Å². The highest BCUT2D eigenvalue weighted by molar-refractivity contribution is 5.98. The summed E-state index contributed by atoms with van der Waals surface area (Å²) in [7, 11) is 1.44. The van der Waals surface area contributed by atoms with E-state index in [2.05, 4.69) is 5.32 Å². The number of hydrogen-bond donors (Lipinski definition) is 1. The SMILES string of the molecule is COc1cccc(C)c1C(=O)NCc1ccccc1C(F)(F)F. The van der Waals surface area contributed by atoms with E-state index in [-0.39, 0.29) is 12.1 Å². The molecular weight excluding hydrogens is 307 g/mol. The zero-order valence-electron chi connectivity index (χ0n) is 12.7. The number of methoxy groups -OCH3 is 1. The standard InChI is InChI=1S/C17H16F3NO2/c1-11-6-5-9-14(23-2)15(11)16(22)21-10-12-7-3-4-8-13(12)17(18,19)20/h3-9H,10H2,1-2H3,(H,21,22). The molecule has 1 N–H and O–H groups in total. The van der Waals surface area contributed by atoms with Crippen molar-refractivity contribution in [3.63, 3.8) is 0 Å². The van der Waals surface area contributed by atoms with Gasteiger partial charge in [0.25, 0.3) is 5.91 Å². The summed E-state index contributed by atoms with van der Waals surface area (Å²) in [6.07, 6.45) is -4.46. The van der Waals surface area contributed by atoms with E-state index >= 15 is 0 Å². The predicted octanol–water partition coefficient (Wildman–Crippen LogP) is 3.95. The highest BCUT2D eigenvalue weighted by Crippen LogP contribution is 2.31. The van der Waals surface area contributed by atoms with Crippen LogP contribution in [-0.2, 0) is 12.7 Å². The average molecular weight is 323 g/mol. The van der Waals surface area contributed by atoms with Crippen molar-refractivity contribution in [1.82, 2.24) is 5.32 Å². The minimum absolute atomic E-state index is 0.0147. The quantitative estimate of drug-likeness (QED) is 0.925. The number of ether oxygens (including phenoxy) is 1. The van der Waals surface area contributed by atoms with Crippen LogP contribution >= 0.6 is 0 Å². The first-order chi connectivity index (χ1) is 10.8. The maximum atomic E-state index is 12.9. The predicted molar refractivity (Wildman–Crippen MR) is 80.3 cm³/mol. The third kappa shape index (κ3) is 3.83. The van der Waals surface area contributed by atoms with Gasteiger partial charge in [-0.2, -0.15) is 13.2 Å². The molecule has 0 aromatic heterocycles. The second-order valence-corrected chi connectivity index (χ2v) is 4.99. The van der Waals surface area contributed by atoms with Crippen molar-refractivity contribution in [2.75, 3.05) is 7.11 Å². The topological polar surface area (TPSA) is 38.3 Å². The molecule has 6 heteroatoms. The first-order valence-corrected chi connectivity index (χ1v) is 6.91. The van der Waals surface area contributed by atoms with E-state index in [0.29, 0.717) is 16.9 Å². The van der Waals surface area contributed by atoms with Gasteiger partial charge in [0.2, 0.25) is 0 Å². The second-order valence-electron chi connectivity index (χ2n) is 4.99. The molecule has 0 spiro atoms. The van der Waals surface area contributed by atoms with Crippen LogP contribution in [0.3, 0.4) is 0 Å². The Labute approximate surface area is 132 Å². The molecule has 122 valence electrons. The van der Waals surface area contributed by atoms with E-state index in [9.17, 15) is 18.0 Å². The van der Waals surface area contributed by atoms with Gasteiger partial charge in [-0.15, -0.1) is 0 Å². The lowest BCUT2D eigenvalue weighted by Gasteiger charge is -2.15. The Hall–Kier alpha value is -2.50. The smallest absolute Gasteiger partial charge is 0.416 e. The number of halogens is 3. The molecule has 0 saturated carbocycles. The van der Waals surface area contributed by atoms with Gasteiger partial charge >= 0.3 is 6.18 Å². The van der Waals surface area contributed by atoms with Crippen molar-refractivity contribution in [3.05, 3.63) is 64.7 Å². The number of amides is 1. The minimum Gasteiger partial charge on any atom is -0.496 e. The number of benzene rings is 2. The van der Waals surface area contributed by atoms with Gasteiger partial charge in [0.1, 0.15) is 5.75 Å². The van der Waals surface area contributed by atoms with Crippen LogP contribution in [0.2, 0.25) is 0 Å². The zero-order valence-corrected chi connectivity index (χ0v) is 12.7. The summed E-state index contributed by atoms with van der Waals surface area (Å²) in [4.78, 5) is 12.3. The molecule has 0 bridgehead atoms. The van der Waals surface area contributed by atoms with Crippen molar-refractivity contribution in [1.29, 1.82) is 0 Å². The van der Waals surface area contributed by atoms with Crippen LogP contribution in [0, 0.1) is 6.92 Å². The molecule has 0 saturated heterocycles. The Morgan fingerprint density at radius 2 is 1.83 bits per heavy atom. The van der Waals surface area contributed by atoms with E-state index in [0.717, 1.165) is 6.07 Å². The lowest BCUT2D eigenvalue weighted by atomic mass is 10.1. The van der Waals surface area contributed by atoms with Gasteiger partial charge in [-0.25, -0.2) is 0 Å². The number of carbonyl (C=O) groups is 1. The highest BCUT2D eigenvalue weighted by atomic mass is 19.4. The first kappa shape index (κ1) is 16.9. The summed E-state index contributed by atoms with van der Waals surface area (Å²) < 4.78 is 44.0. The second kappa shape index (κ2) is 6.73. The third-order valence-electron chi connectivity index (χ3n) is 3.44. The van der Waals surface area contributed by atoms with Crippen molar-refractivity contribution in [2.24, 2.45) is 0 Å². The van der Waals surface area contributed by atoms with Crippen LogP contribution in [0.4, 0.5) is 13.2 Å². The lowest BCUT2D eigenvalue weighted by Crippen LogP contribution is -2.25. The van der Waals surface area contributed by atoms with Gasteiger partial charge in [-0.05, 0) is 30.2 Å². The summed E-state index contributed by atoms with van der Waals surface area (Å²) in [5.41, 5.74) is 0.267. The molecule has 0 heterocycles. The molecular formula is C17H16F3NO2. The van der Waals surface area contributed by atoms with E-state index in [1.54, 1.807) is 25.1 Å². The van der Waals surface area contributed by atoms with Gasteiger partial charge in [0, 0.05) is 6.54 Å². The molecule has 1 amide bonds. The Morgan fingerprint density at radius 3 is 2.48 bits per heavy atom. The van der Waals surface area contributed by atoms with Gasteiger partial charge < -0.3 is 10.1 Å². The van der Waals surface area contributed by atoms with Gasteiger partial charge in [0.05, 0.1) is 18.2 Å². The van der Waals surface area contributed by atoms with E-state index < -0.39 is 17.6 Å². The Kier molecular flexibility index (Phi) is 4.93. The Bertz CT molecular complexity index is 711. The molecule has 0 aliphatic carbocycles. The fraction of sp³-hybridized carbons (Fsp3) is 0.235. The molecule has 2 aromatic rings. The Balaban J connectivity index is 2.21. The molecule has 0 unspecified atom stereocenters. The van der Waals surface area contributed by atoms with Crippen molar-refractivity contribution >= 4 is 5.91 Å². The van der Waals surface area contributed by atoms with Crippen molar-refractivity contribution in [3.8, 4) is 5.75 Å². The molecule has 2 aromatic carbocycles. The molecule has 0 aliphatic heterocycles. The first-order valence-electron chi connectivity index (χ1n) is 6.91. The highest BCUT2D eigenvalue weighted by Gasteiger charge is 2.32. The maximum absolute atomic E-state index is 12.9. The number of carbonyl (C=O) groups excluding carboxylic acids is 1. The van der Waals surface area contributed by atoms with E-state index in [1.807, 2.05) is 0 Å². The van der Waals surface area contributed by atoms with Crippen LogP contribution in [0.1, 0.15) is 27.0 Å². The van der Waals surface area contributed by atoms with Crippen LogP contribution < -0.4 is 10.1 Å². The average Bonchev–Trinajstić information content (AvgIpc) is 2.51. The zero-order chi connectivity index (χ0) is 17.0. The number of alkyl halides is 3. The molecule has 2 rings (SSSR count). The van der Waals surface area contributed by atoms with Gasteiger partial charge in [-0.3, -0.25) is 4.79 Å². The molecule has 0 aliphatic rings. The number of rotatable bonds is 4. The Morgan fingerprint density at radius 1 is 1.13 bits per heavy atom. The van der Waals surface area contributed by atoms with Crippen LogP contribution in [0.25, 0.3) is 0 Å². The summed E-state index contributed by atoms with van der Waals surface area (Å²) in [5, 5.41) is 2.52. The molecule has 0 fully saturated rings. The molecule has 0 atom stereocenters. The number of aryl methyl sites for hydroxylation is 1. The summed E-state index contributed by atoms with van der Waals surface area (Å²) in [6.45, 7) is 1.52. The van der Waals surface area contributed by atoms with Crippen LogP contribution in [-0.4, -0.2) is 13.0 Å². The minimum atomic E-state index is -4.46. The number of hydrogen-bond acceptors (Lipinski definition) is 2. The summed E-state index contributed by atoms with van der Waals surface area (Å²) in [6, 6.07) is 10.3. The van der Waals surface area contributed by atoms with Crippen molar-refractivity contribution in [2.45, 2.75) is 19.6 Å². The fourth-order valence-corrected chi connectivity index (χ4v) is 2.32. The summed E-state index contributed by atoms with van der Waals surface area (Å²) in [5.74, 6) is -0.0939. The molecule has 0 radical (unpaired) electrons. The van der Waals surface area contributed by atoms with E-state index in [4.69, 9.17) is 4.74 Å². The summed E-state index contributed by atoms with van der Waals surface area (Å²) >= 11 is 0. The van der Waals surface area contributed by atoms with Crippen LogP contribution in [0.5, 0.6) is 5.75 Å². The fourth-order valence-electron chi connectivity index (χ4n) is 2.32. The normalized spacial score (nSPS) is 11.2. The maximum Gasteiger partial charge on any atom is 0.416 e. The van der Waals surface area contributed by atoms with Crippen molar-refractivity contribution < 1.29 is 22.7 Å². The number of nitrogens with one attached hydrogen (secondary N) is 1. The largest absolute Gasteiger partial charge is 0.496 e. The van der Waals surface area contributed by atoms with Crippen LogP contribution in [0.15, 0.2) is 42.5 Å².